The van der Waals surface area contributed by atoms with E-state index in [-0.39, 0.29) is 5.82 Å². The Hall–Kier alpha value is -2.37. The van der Waals surface area contributed by atoms with E-state index in [1.807, 2.05) is 32.0 Å². The highest BCUT2D eigenvalue weighted by molar-refractivity contribution is 5.64. The van der Waals surface area contributed by atoms with Crippen LogP contribution < -0.4 is 15.4 Å². The van der Waals surface area contributed by atoms with Crippen molar-refractivity contribution in [3.8, 4) is 5.75 Å². The lowest BCUT2D eigenvalue weighted by atomic mass is 10.3. The summed E-state index contributed by atoms with van der Waals surface area (Å²) in [5.74, 6) is 0.629. The minimum atomic E-state index is -0.516. The number of rotatable bonds is 6. The molecule has 106 valence electrons. The smallest absolute Gasteiger partial charge is 0.224 e. The molecule has 0 aliphatic carbocycles. The standard InChI is InChI=1S/C14H17FN4O/c1-3-16-14-17-9-10(15)13(19-14)18-11-7-5-6-8-12(11)20-4-2/h5-9H,3-4H2,1-2H3,(H2,16,17,18,19). The maximum absolute atomic E-state index is 13.8. The largest absolute Gasteiger partial charge is 0.492 e. The van der Waals surface area contributed by atoms with Crippen LogP contribution in [0.15, 0.2) is 30.5 Å². The second-order valence-electron chi connectivity index (χ2n) is 3.97. The van der Waals surface area contributed by atoms with Gasteiger partial charge in [0.15, 0.2) is 11.6 Å². The van der Waals surface area contributed by atoms with Gasteiger partial charge >= 0.3 is 0 Å². The monoisotopic (exact) mass is 276 g/mol. The number of hydrogen-bond donors (Lipinski definition) is 2. The molecule has 6 heteroatoms. The molecule has 0 aliphatic rings. The zero-order valence-electron chi connectivity index (χ0n) is 11.5. The second kappa shape index (κ2) is 6.70. The molecule has 0 radical (unpaired) electrons. The van der Waals surface area contributed by atoms with Crippen molar-refractivity contribution >= 4 is 17.5 Å². The second-order valence-corrected chi connectivity index (χ2v) is 3.97. The van der Waals surface area contributed by atoms with Gasteiger partial charge in [-0.05, 0) is 26.0 Å². The SMILES string of the molecule is CCNc1ncc(F)c(Nc2ccccc2OCC)n1. The summed E-state index contributed by atoms with van der Waals surface area (Å²) in [6, 6.07) is 7.32. The van der Waals surface area contributed by atoms with Crippen LogP contribution in [0.1, 0.15) is 13.8 Å². The van der Waals surface area contributed by atoms with Crippen LogP contribution in [0.2, 0.25) is 0 Å². The highest BCUT2D eigenvalue weighted by Crippen LogP contribution is 2.27. The summed E-state index contributed by atoms with van der Waals surface area (Å²) >= 11 is 0. The molecule has 2 N–H and O–H groups in total. The number of aromatic nitrogens is 2. The van der Waals surface area contributed by atoms with Gasteiger partial charge in [-0.3, -0.25) is 0 Å². The fourth-order valence-corrected chi connectivity index (χ4v) is 1.68. The Kier molecular flexibility index (Phi) is 4.70. The van der Waals surface area contributed by atoms with Crippen molar-refractivity contribution in [2.24, 2.45) is 0 Å². The van der Waals surface area contributed by atoms with Crippen molar-refractivity contribution in [1.82, 2.24) is 9.97 Å². The molecule has 0 saturated heterocycles. The van der Waals surface area contributed by atoms with E-state index in [2.05, 4.69) is 20.6 Å². The Morgan fingerprint density at radius 3 is 2.80 bits per heavy atom. The van der Waals surface area contributed by atoms with E-state index in [0.29, 0.717) is 30.5 Å². The van der Waals surface area contributed by atoms with E-state index in [1.54, 1.807) is 6.07 Å². The normalized spacial score (nSPS) is 10.2. The summed E-state index contributed by atoms with van der Waals surface area (Å²) < 4.78 is 19.2. The van der Waals surface area contributed by atoms with Crippen LogP contribution in [0.5, 0.6) is 5.75 Å². The lowest BCUT2D eigenvalue weighted by molar-refractivity contribution is 0.342. The molecular formula is C14H17FN4O. The predicted molar refractivity (Wildman–Crippen MR) is 77.0 cm³/mol. The molecule has 20 heavy (non-hydrogen) atoms. The molecule has 0 unspecified atom stereocenters. The number of nitrogens with one attached hydrogen (secondary N) is 2. The summed E-state index contributed by atoms with van der Waals surface area (Å²) in [5, 5.41) is 5.87. The quantitative estimate of drug-likeness (QED) is 0.848. The topological polar surface area (TPSA) is 59.1 Å². The first-order valence-electron chi connectivity index (χ1n) is 6.49. The van der Waals surface area contributed by atoms with Crippen molar-refractivity contribution in [3.63, 3.8) is 0 Å². The van der Waals surface area contributed by atoms with Crippen molar-refractivity contribution in [2.75, 3.05) is 23.8 Å². The Morgan fingerprint density at radius 2 is 2.05 bits per heavy atom. The van der Waals surface area contributed by atoms with Gasteiger partial charge in [0, 0.05) is 6.54 Å². The molecule has 0 spiro atoms. The highest BCUT2D eigenvalue weighted by atomic mass is 19.1. The molecule has 1 heterocycles. The van der Waals surface area contributed by atoms with Crippen molar-refractivity contribution in [3.05, 3.63) is 36.3 Å². The number of anilines is 3. The fraction of sp³-hybridized carbons (Fsp3) is 0.286. The third kappa shape index (κ3) is 3.34. The van der Waals surface area contributed by atoms with Gasteiger partial charge < -0.3 is 15.4 Å². The first-order valence-corrected chi connectivity index (χ1v) is 6.49. The Bertz CT molecular complexity index is 577. The van der Waals surface area contributed by atoms with Crippen LogP contribution in [0.4, 0.5) is 21.8 Å². The first-order chi connectivity index (χ1) is 9.74. The first kappa shape index (κ1) is 14.0. The van der Waals surface area contributed by atoms with Crippen molar-refractivity contribution < 1.29 is 9.13 Å². The molecule has 0 bridgehead atoms. The number of halogens is 1. The number of hydrogen-bond acceptors (Lipinski definition) is 5. The van der Waals surface area contributed by atoms with Crippen molar-refractivity contribution in [1.29, 1.82) is 0 Å². The van der Waals surface area contributed by atoms with Crippen molar-refractivity contribution in [2.45, 2.75) is 13.8 Å². The van der Waals surface area contributed by atoms with E-state index in [9.17, 15) is 4.39 Å². The molecule has 0 aliphatic heterocycles. The van der Waals surface area contributed by atoms with E-state index < -0.39 is 5.82 Å². The zero-order chi connectivity index (χ0) is 14.4. The lowest BCUT2D eigenvalue weighted by Gasteiger charge is -2.12. The van der Waals surface area contributed by atoms with Crippen LogP contribution in [0, 0.1) is 5.82 Å². The third-order valence-electron chi connectivity index (χ3n) is 2.52. The Morgan fingerprint density at radius 1 is 1.25 bits per heavy atom. The molecule has 1 aromatic heterocycles. The minimum Gasteiger partial charge on any atom is -0.492 e. The van der Waals surface area contributed by atoms with Gasteiger partial charge in [-0.1, -0.05) is 12.1 Å². The van der Waals surface area contributed by atoms with E-state index in [1.165, 1.54) is 0 Å². The fourth-order valence-electron chi connectivity index (χ4n) is 1.68. The van der Waals surface area contributed by atoms with E-state index in [0.717, 1.165) is 6.20 Å². The minimum absolute atomic E-state index is 0.114. The van der Waals surface area contributed by atoms with E-state index >= 15 is 0 Å². The summed E-state index contributed by atoms with van der Waals surface area (Å²) in [6.07, 6.45) is 1.14. The zero-order valence-corrected chi connectivity index (χ0v) is 11.5. The number of benzene rings is 1. The van der Waals surface area contributed by atoms with Crippen LogP contribution in [-0.2, 0) is 0 Å². The molecule has 0 saturated carbocycles. The Balaban J connectivity index is 2.27. The summed E-state index contributed by atoms with van der Waals surface area (Å²) in [6.45, 7) is 5.02. The summed E-state index contributed by atoms with van der Waals surface area (Å²) in [5.41, 5.74) is 0.661. The van der Waals surface area contributed by atoms with Gasteiger partial charge in [0.05, 0.1) is 18.5 Å². The van der Waals surface area contributed by atoms with E-state index in [4.69, 9.17) is 4.74 Å². The highest BCUT2D eigenvalue weighted by Gasteiger charge is 2.09. The average Bonchev–Trinajstić information content (AvgIpc) is 2.45. The van der Waals surface area contributed by atoms with Gasteiger partial charge in [0.1, 0.15) is 5.75 Å². The molecule has 1 aromatic carbocycles. The lowest BCUT2D eigenvalue weighted by Crippen LogP contribution is -2.06. The number of nitrogens with zero attached hydrogens (tertiary/aromatic N) is 2. The van der Waals surface area contributed by atoms with Crippen LogP contribution in [0.3, 0.4) is 0 Å². The molecule has 2 rings (SSSR count). The van der Waals surface area contributed by atoms with Crippen LogP contribution in [0.25, 0.3) is 0 Å². The molecule has 5 nitrogen and oxygen atoms in total. The summed E-state index contributed by atoms with van der Waals surface area (Å²) in [7, 11) is 0. The maximum Gasteiger partial charge on any atom is 0.224 e. The van der Waals surface area contributed by atoms with Crippen LogP contribution >= 0.6 is 0 Å². The van der Waals surface area contributed by atoms with Gasteiger partial charge in [-0.25, -0.2) is 9.37 Å². The number of ether oxygens (including phenoxy) is 1. The van der Waals surface area contributed by atoms with Gasteiger partial charge in [-0.2, -0.15) is 4.98 Å². The Labute approximate surface area is 117 Å². The van der Waals surface area contributed by atoms with Gasteiger partial charge in [0.25, 0.3) is 0 Å². The summed E-state index contributed by atoms with van der Waals surface area (Å²) in [4.78, 5) is 7.96. The molecule has 2 aromatic rings. The molecular weight excluding hydrogens is 259 g/mol. The van der Waals surface area contributed by atoms with Gasteiger partial charge in [-0.15, -0.1) is 0 Å². The molecule has 0 amide bonds. The number of para-hydroxylation sites is 2. The van der Waals surface area contributed by atoms with Crippen LogP contribution in [-0.4, -0.2) is 23.1 Å². The third-order valence-corrected chi connectivity index (χ3v) is 2.52. The molecule has 0 atom stereocenters. The maximum atomic E-state index is 13.8. The predicted octanol–water partition coefficient (Wildman–Crippen LogP) is 3.19. The van der Waals surface area contributed by atoms with Gasteiger partial charge in [0.2, 0.25) is 5.95 Å². The average molecular weight is 276 g/mol. The molecule has 0 fully saturated rings.